The zero-order chi connectivity index (χ0) is 11.2. The maximum absolute atomic E-state index is 5.42. The van der Waals surface area contributed by atoms with Crippen LogP contribution in [0.3, 0.4) is 0 Å². The van der Waals surface area contributed by atoms with Gasteiger partial charge in [0.15, 0.2) is 0 Å². The highest BCUT2D eigenvalue weighted by Gasteiger charge is 2.10. The number of nitrogens with zero attached hydrogens (tertiary/aromatic N) is 1. The second-order valence-electron chi connectivity index (χ2n) is 3.67. The Morgan fingerprint density at radius 1 is 1.25 bits per heavy atom. The summed E-state index contributed by atoms with van der Waals surface area (Å²) in [6.07, 6.45) is 0. The second kappa shape index (κ2) is 6.13. The van der Waals surface area contributed by atoms with Gasteiger partial charge in [0.2, 0.25) is 0 Å². The molecule has 3 nitrogen and oxygen atoms in total. The molecule has 0 radical (unpaired) electrons. The summed E-state index contributed by atoms with van der Waals surface area (Å²) in [4.78, 5) is 1.28. The monoisotopic (exact) mass is 238 g/mol. The quantitative estimate of drug-likeness (QED) is 0.811. The van der Waals surface area contributed by atoms with Gasteiger partial charge in [0.1, 0.15) is 5.75 Å². The molecule has 88 valence electrons. The molecule has 1 aromatic carbocycles. The number of hydrogen-bond donors (Lipinski definition) is 1. The lowest BCUT2D eigenvalue weighted by Crippen LogP contribution is -2.39. The smallest absolute Gasteiger partial charge is 0.119 e. The van der Waals surface area contributed by atoms with Crippen LogP contribution in [0.4, 0.5) is 0 Å². The molecule has 16 heavy (non-hydrogen) atoms. The summed E-state index contributed by atoms with van der Waals surface area (Å²) in [6, 6.07) is 8.32. The van der Waals surface area contributed by atoms with Crippen molar-refractivity contribution in [1.82, 2.24) is 9.62 Å². The molecule has 0 amide bonds. The molecule has 1 N–H and O–H groups in total. The average molecular weight is 238 g/mol. The SMILES string of the molecule is CCOc1ccc(SN2CCNCC2)cc1. The number of nitrogens with one attached hydrogen (secondary N) is 1. The third-order valence-corrected chi connectivity index (χ3v) is 3.55. The van der Waals surface area contributed by atoms with Gasteiger partial charge in [-0.3, -0.25) is 0 Å². The van der Waals surface area contributed by atoms with Crippen LogP contribution in [0.1, 0.15) is 6.92 Å². The van der Waals surface area contributed by atoms with E-state index in [1.54, 1.807) is 0 Å². The Hall–Kier alpha value is -0.710. The molecule has 0 spiro atoms. The molecule has 0 bridgehead atoms. The van der Waals surface area contributed by atoms with Crippen LogP contribution >= 0.6 is 11.9 Å². The third kappa shape index (κ3) is 3.40. The van der Waals surface area contributed by atoms with Gasteiger partial charge in [-0.15, -0.1) is 0 Å². The first kappa shape index (κ1) is 11.8. The lowest BCUT2D eigenvalue weighted by molar-refractivity contribution is 0.340. The van der Waals surface area contributed by atoms with Crippen LogP contribution in [0.25, 0.3) is 0 Å². The zero-order valence-corrected chi connectivity index (χ0v) is 10.4. The Bertz CT molecular complexity index is 309. The molecule has 1 aliphatic rings. The lowest BCUT2D eigenvalue weighted by Gasteiger charge is -2.25. The van der Waals surface area contributed by atoms with E-state index in [-0.39, 0.29) is 0 Å². The lowest BCUT2D eigenvalue weighted by atomic mass is 10.3. The Morgan fingerprint density at radius 2 is 1.94 bits per heavy atom. The van der Waals surface area contributed by atoms with Crippen molar-refractivity contribution in [2.45, 2.75) is 11.8 Å². The highest BCUT2D eigenvalue weighted by Crippen LogP contribution is 2.24. The van der Waals surface area contributed by atoms with E-state index >= 15 is 0 Å². The van der Waals surface area contributed by atoms with Crippen molar-refractivity contribution in [1.29, 1.82) is 0 Å². The fourth-order valence-corrected chi connectivity index (χ4v) is 2.57. The van der Waals surface area contributed by atoms with Gasteiger partial charge in [-0.1, -0.05) is 0 Å². The predicted octanol–water partition coefficient (Wildman–Crippen LogP) is 2.00. The number of hydrogen-bond acceptors (Lipinski definition) is 4. The van der Waals surface area contributed by atoms with E-state index in [0.29, 0.717) is 0 Å². The summed E-state index contributed by atoms with van der Waals surface area (Å²) in [5.74, 6) is 0.951. The van der Waals surface area contributed by atoms with Crippen molar-refractivity contribution in [3.63, 3.8) is 0 Å². The Morgan fingerprint density at radius 3 is 2.56 bits per heavy atom. The maximum Gasteiger partial charge on any atom is 0.119 e. The van der Waals surface area contributed by atoms with Crippen LogP contribution in [0.2, 0.25) is 0 Å². The van der Waals surface area contributed by atoms with Crippen LogP contribution in [0.5, 0.6) is 5.75 Å². The van der Waals surface area contributed by atoms with Gasteiger partial charge in [-0.25, -0.2) is 4.31 Å². The number of ether oxygens (including phenoxy) is 1. The minimum atomic E-state index is 0.726. The number of piperazine rings is 1. The minimum Gasteiger partial charge on any atom is -0.494 e. The second-order valence-corrected chi connectivity index (χ2v) is 4.85. The third-order valence-electron chi connectivity index (χ3n) is 2.45. The zero-order valence-electron chi connectivity index (χ0n) is 9.61. The molecule has 4 heteroatoms. The Labute approximate surface area is 101 Å². The molecular weight excluding hydrogens is 220 g/mol. The van der Waals surface area contributed by atoms with Crippen molar-refractivity contribution >= 4 is 11.9 Å². The van der Waals surface area contributed by atoms with E-state index in [0.717, 1.165) is 38.5 Å². The summed E-state index contributed by atoms with van der Waals surface area (Å²) in [5, 5.41) is 3.35. The van der Waals surface area contributed by atoms with E-state index in [2.05, 4.69) is 21.8 Å². The molecule has 0 atom stereocenters. The highest BCUT2D eigenvalue weighted by atomic mass is 32.2. The van der Waals surface area contributed by atoms with Crippen LogP contribution in [0.15, 0.2) is 29.2 Å². The van der Waals surface area contributed by atoms with Crippen molar-refractivity contribution in [2.75, 3.05) is 32.8 Å². The molecular formula is C12H18N2OS. The summed E-state index contributed by atoms with van der Waals surface area (Å²) in [6.45, 7) is 7.12. The van der Waals surface area contributed by atoms with Gasteiger partial charge in [0.25, 0.3) is 0 Å². The standard InChI is InChI=1S/C12H18N2OS/c1-2-15-11-3-5-12(6-4-11)16-14-9-7-13-8-10-14/h3-6,13H,2,7-10H2,1H3. The molecule has 1 heterocycles. The first-order chi connectivity index (χ1) is 7.88. The van der Waals surface area contributed by atoms with Crippen LogP contribution in [-0.4, -0.2) is 37.1 Å². The van der Waals surface area contributed by atoms with Gasteiger partial charge in [0.05, 0.1) is 6.61 Å². The largest absolute Gasteiger partial charge is 0.494 e. The first-order valence-electron chi connectivity index (χ1n) is 5.75. The van der Waals surface area contributed by atoms with Crippen LogP contribution in [-0.2, 0) is 0 Å². The van der Waals surface area contributed by atoms with E-state index in [9.17, 15) is 0 Å². The maximum atomic E-state index is 5.42. The van der Waals surface area contributed by atoms with Crippen molar-refractivity contribution in [3.8, 4) is 5.75 Å². The number of benzene rings is 1. The normalized spacial score (nSPS) is 17.3. The predicted molar refractivity (Wildman–Crippen MR) is 67.9 cm³/mol. The summed E-state index contributed by atoms with van der Waals surface area (Å²) in [5.41, 5.74) is 0. The molecule has 1 aromatic rings. The molecule has 0 aromatic heterocycles. The van der Waals surface area contributed by atoms with Crippen LogP contribution in [0, 0.1) is 0 Å². The first-order valence-corrected chi connectivity index (χ1v) is 6.52. The topological polar surface area (TPSA) is 24.5 Å². The number of rotatable bonds is 4. The molecule has 0 unspecified atom stereocenters. The van der Waals surface area contributed by atoms with Gasteiger partial charge in [0, 0.05) is 31.1 Å². The van der Waals surface area contributed by atoms with Gasteiger partial charge >= 0.3 is 0 Å². The van der Waals surface area contributed by atoms with Gasteiger partial charge in [-0.2, -0.15) is 0 Å². The molecule has 2 rings (SSSR count). The minimum absolute atomic E-state index is 0.726. The van der Waals surface area contributed by atoms with Gasteiger partial charge < -0.3 is 10.1 Å². The summed E-state index contributed by atoms with van der Waals surface area (Å²) < 4.78 is 7.81. The van der Waals surface area contributed by atoms with E-state index in [1.807, 2.05) is 31.0 Å². The highest BCUT2D eigenvalue weighted by molar-refractivity contribution is 7.97. The molecule has 0 aliphatic carbocycles. The van der Waals surface area contributed by atoms with Crippen molar-refractivity contribution < 1.29 is 4.74 Å². The molecule has 1 fully saturated rings. The average Bonchev–Trinajstić information content (AvgIpc) is 2.33. The fraction of sp³-hybridized carbons (Fsp3) is 0.500. The van der Waals surface area contributed by atoms with Crippen molar-refractivity contribution in [2.24, 2.45) is 0 Å². The summed E-state index contributed by atoms with van der Waals surface area (Å²) >= 11 is 1.83. The van der Waals surface area contributed by atoms with Gasteiger partial charge in [-0.05, 0) is 43.1 Å². The van der Waals surface area contributed by atoms with E-state index < -0.39 is 0 Å². The molecule has 0 saturated carbocycles. The fourth-order valence-electron chi connectivity index (χ4n) is 1.65. The Balaban J connectivity index is 1.88. The Kier molecular flexibility index (Phi) is 4.51. The molecule has 1 aliphatic heterocycles. The van der Waals surface area contributed by atoms with Crippen molar-refractivity contribution in [3.05, 3.63) is 24.3 Å². The molecule has 1 saturated heterocycles. The van der Waals surface area contributed by atoms with E-state index in [4.69, 9.17) is 4.74 Å². The van der Waals surface area contributed by atoms with Crippen LogP contribution < -0.4 is 10.1 Å². The van der Waals surface area contributed by atoms with E-state index in [1.165, 1.54) is 4.90 Å². The summed E-state index contributed by atoms with van der Waals surface area (Å²) in [7, 11) is 0.